The van der Waals surface area contributed by atoms with Gasteiger partial charge in [0.1, 0.15) is 11.9 Å². The second-order valence-corrected chi connectivity index (χ2v) is 4.58. The van der Waals surface area contributed by atoms with Crippen molar-refractivity contribution in [1.29, 1.82) is 0 Å². The zero-order valence-corrected chi connectivity index (χ0v) is 12.2. The molecule has 128 valence electrons. The van der Waals surface area contributed by atoms with Crippen LogP contribution in [-0.2, 0) is 6.54 Å². The molecule has 0 fully saturated rings. The molecular formula is C13H11F3N4O4. The van der Waals surface area contributed by atoms with Gasteiger partial charge in [-0.05, 0) is 27.6 Å². The number of nitro groups is 1. The molecule has 0 aliphatic rings. The number of hydrogen-bond acceptors (Lipinski definition) is 5. The van der Waals surface area contributed by atoms with Gasteiger partial charge in [-0.2, -0.15) is 0 Å². The van der Waals surface area contributed by atoms with Gasteiger partial charge >= 0.3 is 23.9 Å². The Hall–Kier alpha value is -3.11. The molecule has 0 bridgehead atoms. The number of ether oxygens (including phenoxy) is 1. The van der Waals surface area contributed by atoms with Crippen molar-refractivity contribution in [2.45, 2.75) is 12.9 Å². The number of nitrogens with zero attached hydrogens (tertiary/aromatic N) is 3. The zero-order chi connectivity index (χ0) is 17.9. The molecule has 2 rings (SSSR count). The lowest BCUT2D eigenvalue weighted by Gasteiger charge is -2.09. The van der Waals surface area contributed by atoms with Gasteiger partial charge in [0, 0.05) is 7.05 Å². The van der Waals surface area contributed by atoms with Crippen molar-refractivity contribution < 1.29 is 27.6 Å². The number of alkyl halides is 3. The number of rotatable bonds is 5. The molecule has 0 radical (unpaired) electrons. The van der Waals surface area contributed by atoms with Crippen molar-refractivity contribution in [3.05, 3.63) is 52.0 Å². The van der Waals surface area contributed by atoms with Gasteiger partial charge in [-0.15, -0.1) is 13.2 Å². The highest BCUT2D eigenvalue weighted by atomic mass is 19.4. The van der Waals surface area contributed by atoms with Crippen molar-refractivity contribution in [1.82, 2.24) is 14.9 Å². The molecule has 0 saturated carbocycles. The molecule has 0 aliphatic carbocycles. The number of imidazole rings is 1. The topological polar surface area (TPSA) is 99.3 Å². The maximum Gasteiger partial charge on any atom is 0.573 e. The molecular weight excluding hydrogens is 333 g/mol. The minimum atomic E-state index is -4.79. The summed E-state index contributed by atoms with van der Waals surface area (Å²) in [4.78, 5) is 25.4. The van der Waals surface area contributed by atoms with E-state index < -0.39 is 28.8 Å². The third kappa shape index (κ3) is 4.21. The second-order valence-electron chi connectivity index (χ2n) is 4.58. The van der Waals surface area contributed by atoms with Crippen LogP contribution >= 0.6 is 0 Å². The smallest absolute Gasteiger partial charge is 0.406 e. The molecule has 1 amide bonds. The number of amides is 1. The number of hydrogen-bond donors (Lipinski definition) is 1. The van der Waals surface area contributed by atoms with E-state index in [0.29, 0.717) is 5.56 Å². The first kappa shape index (κ1) is 17.2. The van der Waals surface area contributed by atoms with Crippen molar-refractivity contribution in [2.24, 2.45) is 0 Å². The zero-order valence-electron chi connectivity index (χ0n) is 12.2. The van der Waals surface area contributed by atoms with Gasteiger partial charge in [0.05, 0.1) is 6.54 Å². The lowest BCUT2D eigenvalue weighted by atomic mass is 10.2. The molecule has 0 saturated heterocycles. The molecule has 11 heteroatoms. The van der Waals surface area contributed by atoms with E-state index in [1.54, 1.807) is 0 Å². The van der Waals surface area contributed by atoms with Gasteiger partial charge in [-0.1, -0.05) is 12.1 Å². The minimum absolute atomic E-state index is 0.00981. The van der Waals surface area contributed by atoms with Crippen LogP contribution in [0.4, 0.5) is 19.0 Å². The average molecular weight is 344 g/mol. The van der Waals surface area contributed by atoms with Gasteiger partial charge in [-0.25, -0.2) is 0 Å². The Balaban J connectivity index is 2.24. The fourth-order valence-electron chi connectivity index (χ4n) is 1.90. The largest absolute Gasteiger partial charge is 0.573 e. The van der Waals surface area contributed by atoms with E-state index in [1.165, 1.54) is 23.7 Å². The Labute approximate surface area is 133 Å². The highest BCUT2D eigenvalue weighted by molar-refractivity contribution is 5.90. The number of nitrogens with one attached hydrogen (secondary N) is 1. The quantitative estimate of drug-likeness (QED) is 0.661. The maximum atomic E-state index is 12.1. The molecule has 0 atom stereocenters. The van der Waals surface area contributed by atoms with Gasteiger partial charge in [0.25, 0.3) is 0 Å². The summed E-state index contributed by atoms with van der Waals surface area (Å²) in [5.41, 5.74) is 0.502. The van der Waals surface area contributed by atoms with Crippen LogP contribution in [0.15, 0.2) is 30.5 Å². The number of benzene rings is 1. The Morgan fingerprint density at radius 2 is 2.00 bits per heavy atom. The second kappa shape index (κ2) is 6.56. The van der Waals surface area contributed by atoms with Crippen LogP contribution in [0.2, 0.25) is 0 Å². The molecule has 1 aromatic carbocycles. The first-order valence-electron chi connectivity index (χ1n) is 6.48. The Morgan fingerprint density at radius 1 is 1.38 bits per heavy atom. The van der Waals surface area contributed by atoms with E-state index in [0.717, 1.165) is 18.3 Å². The molecule has 2 aromatic rings. The van der Waals surface area contributed by atoms with Crippen molar-refractivity contribution >= 4 is 11.7 Å². The lowest BCUT2D eigenvalue weighted by molar-refractivity contribution is -0.389. The Kier molecular flexibility index (Phi) is 4.71. The summed E-state index contributed by atoms with van der Waals surface area (Å²) in [6.45, 7) is 0.00981. The number of aromatic nitrogens is 2. The van der Waals surface area contributed by atoms with Crippen molar-refractivity contribution in [3.63, 3.8) is 0 Å². The third-order valence-corrected chi connectivity index (χ3v) is 2.89. The van der Waals surface area contributed by atoms with Crippen molar-refractivity contribution in [2.75, 3.05) is 7.05 Å². The monoisotopic (exact) mass is 344 g/mol. The fraction of sp³-hybridized carbons (Fsp3) is 0.231. The Bertz CT molecular complexity index is 756. The summed E-state index contributed by atoms with van der Waals surface area (Å²) in [7, 11) is 1.34. The SMILES string of the molecule is CNC(=O)c1nc([N+](=O)[O-])cn1Cc1ccc(OC(F)(F)F)cc1. The fourth-order valence-corrected chi connectivity index (χ4v) is 1.90. The van der Waals surface area contributed by atoms with E-state index in [1.807, 2.05) is 0 Å². The molecule has 24 heavy (non-hydrogen) atoms. The third-order valence-electron chi connectivity index (χ3n) is 2.89. The molecule has 0 spiro atoms. The van der Waals surface area contributed by atoms with Gasteiger partial charge in [0.2, 0.25) is 0 Å². The summed E-state index contributed by atoms with van der Waals surface area (Å²) >= 11 is 0. The lowest BCUT2D eigenvalue weighted by Crippen LogP contribution is -2.23. The van der Waals surface area contributed by atoms with E-state index in [9.17, 15) is 28.1 Å². The molecule has 8 nitrogen and oxygen atoms in total. The van der Waals surface area contributed by atoms with Crippen molar-refractivity contribution in [3.8, 4) is 5.75 Å². The summed E-state index contributed by atoms with van der Waals surface area (Å²) < 4.78 is 41.3. The average Bonchev–Trinajstić information content (AvgIpc) is 2.91. The predicted octanol–water partition coefficient (Wildman–Crippen LogP) is 2.10. The summed E-state index contributed by atoms with van der Waals surface area (Å²) in [5, 5.41) is 13.1. The summed E-state index contributed by atoms with van der Waals surface area (Å²) in [6, 6.07) is 4.91. The van der Waals surface area contributed by atoms with E-state index in [4.69, 9.17) is 0 Å². The number of halogens is 3. The maximum absolute atomic E-state index is 12.1. The van der Waals surface area contributed by atoms with Crippen LogP contribution in [0, 0.1) is 10.1 Å². The predicted molar refractivity (Wildman–Crippen MR) is 74.5 cm³/mol. The van der Waals surface area contributed by atoms with E-state index in [-0.39, 0.29) is 12.4 Å². The van der Waals surface area contributed by atoms with E-state index in [2.05, 4.69) is 15.0 Å². The normalized spacial score (nSPS) is 11.2. The molecule has 1 N–H and O–H groups in total. The molecule has 0 aliphatic heterocycles. The van der Waals surface area contributed by atoms with E-state index >= 15 is 0 Å². The number of carbonyl (C=O) groups is 1. The van der Waals surface area contributed by atoms with Crippen LogP contribution in [0.5, 0.6) is 5.75 Å². The summed E-state index contributed by atoms with van der Waals surface area (Å²) in [6.07, 6.45) is -3.72. The minimum Gasteiger partial charge on any atom is -0.406 e. The Morgan fingerprint density at radius 3 is 2.50 bits per heavy atom. The highest BCUT2D eigenvalue weighted by Crippen LogP contribution is 2.23. The summed E-state index contributed by atoms with van der Waals surface area (Å²) in [5.74, 6) is -1.71. The van der Waals surface area contributed by atoms with Gasteiger partial charge in [0.15, 0.2) is 0 Å². The molecule has 0 unspecified atom stereocenters. The van der Waals surface area contributed by atoms with Gasteiger partial charge < -0.3 is 20.2 Å². The number of carbonyl (C=O) groups excluding carboxylic acids is 1. The first-order chi connectivity index (χ1) is 11.2. The first-order valence-corrected chi connectivity index (χ1v) is 6.48. The van der Waals surface area contributed by atoms with Gasteiger partial charge in [-0.3, -0.25) is 9.36 Å². The van der Waals surface area contributed by atoms with Crippen LogP contribution in [-0.4, -0.2) is 33.8 Å². The standard InChI is InChI=1S/C13H11F3N4O4/c1-17-12(21)11-18-10(20(22)23)7-19(11)6-8-2-4-9(5-3-8)24-13(14,15)16/h2-5,7H,6H2,1H3,(H,17,21). The highest BCUT2D eigenvalue weighted by Gasteiger charge is 2.31. The molecule has 1 aromatic heterocycles. The van der Waals surface area contributed by atoms with Crippen LogP contribution in [0.25, 0.3) is 0 Å². The molecule has 1 heterocycles. The van der Waals surface area contributed by atoms with Crippen LogP contribution in [0.3, 0.4) is 0 Å². The van der Waals surface area contributed by atoms with Crippen LogP contribution < -0.4 is 10.1 Å². The van der Waals surface area contributed by atoms with Crippen LogP contribution in [0.1, 0.15) is 16.2 Å².